The van der Waals surface area contributed by atoms with E-state index in [1.807, 2.05) is 29.2 Å². The van der Waals surface area contributed by atoms with Crippen LogP contribution in [-0.2, 0) is 22.2 Å². The largest absolute Gasteiger partial charge is 0.385 e. The molecule has 0 spiro atoms. The second-order valence-electron chi connectivity index (χ2n) is 14.1. The van der Waals surface area contributed by atoms with Gasteiger partial charge in [-0.3, -0.25) is 9.78 Å². The Kier molecular flexibility index (Phi) is 12.2. The molecule has 0 radical (unpaired) electrons. The summed E-state index contributed by atoms with van der Waals surface area (Å²) in [5.41, 5.74) is 1.74. The number of aromatic nitrogens is 1. The molecule has 1 aromatic heterocycles. The maximum atomic E-state index is 14.2. The molecule has 0 atom stereocenters. The van der Waals surface area contributed by atoms with Crippen LogP contribution in [-0.4, -0.2) is 77.1 Å². The van der Waals surface area contributed by atoms with Gasteiger partial charge in [-0.05, 0) is 116 Å². The number of rotatable bonds is 12. The first-order chi connectivity index (χ1) is 25.1. The van der Waals surface area contributed by atoms with Crippen molar-refractivity contribution in [3.8, 4) is 0 Å². The number of hydrogen-bond donors (Lipinski definition) is 3. The van der Waals surface area contributed by atoms with E-state index in [1.54, 1.807) is 48.8 Å². The molecule has 2 saturated heterocycles. The van der Waals surface area contributed by atoms with Gasteiger partial charge >= 0.3 is 6.03 Å². The fourth-order valence-corrected chi connectivity index (χ4v) is 7.74. The normalized spacial score (nSPS) is 16.7. The smallest absolute Gasteiger partial charge is 0.315 e. The van der Waals surface area contributed by atoms with Gasteiger partial charge in [-0.15, -0.1) is 0 Å². The number of amides is 3. The van der Waals surface area contributed by atoms with Crippen molar-refractivity contribution in [2.45, 2.75) is 62.0 Å². The summed E-state index contributed by atoms with van der Waals surface area (Å²) in [6, 6.07) is 23.3. The number of piperidine rings is 2. The lowest BCUT2D eigenvalue weighted by atomic mass is 9.71. The van der Waals surface area contributed by atoms with Crippen LogP contribution in [0.4, 0.5) is 13.6 Å². The number of likely N-dealkylation sites (tertiary alicyclic amines) is 2. The van der Waals surface area contributed by atoms with Crippen molar-refractivity contribution in [3.05, 3.63) is 136 Å². The zero-order valence-electron chi connectivity index (χ0n) is 29.2. The van der Waals surface area contributed by atoms with Crippen LogP contribution in [0.15, 0.2) is 97.3 Å². The van der Waals surface area contributed by atoms with Gasteiger partial charge in [-0.1, -0.05) is 48.0 Å². The van der Waals surface area contributed by atoms with Gasteiger partial charge in [0.05, 0.1) is 12.0 Å². The molecular weight excluding hydrogens is 684 g/mol. The Morgan fingerprint density at radius 2 is 1.42 bits per heavy atom. The van der Waals surface area contributed by atoms with Crippen molar-refractivity contribution in [3.63, 3.8) is 0 Å². The van der Waals surface area contributed by atoms with Gasteiger partial charge in [0.1, 0.15) is 11.6 Å². The summed E-state index contributed by atoms with van der Waals surface area (Å²) >= 11 is 6.07. The molecule has 2 fully saturated rings. The molecule has 3 heterocycles. The number of hydrogen-bond acceptors (Lipinski definition) is 5. The van der Waals surface area contributed by atoms with E-state index in [2.05, 4.69) is 20.5 Å². The van der Waals surface area contributed by atoms with E-state index in [4.69, 9.17) is 11.6 Å². The summed E-state index contributed by atoms with van der Waals surface area (Å²) < 4.78 is 28.4. The van der Waals surface area contributed by atoms with Gasteiger partial charge in [0.15, 0.2) is 0 Å². The average molecular weight is 730 g/mol. The highest BCUT2D eigenvalue weighted by Crippen LogP contribution is 2.38. The molecule has 274 valence electrons. The second kappa shape index (κ2) is 17.0. The van der Waals surface area contributed by atoms with Gasteiger partial charge in [0, 0.05) is 61.6 Å². The monoisotopic (exact) mass is 729 g/mol. The van der Waals surface area contributed by atoms with Crippen molar-refractivity contribution < 1.29 is 23.5 Å². The van der Waals surface area contributed by atoms with E-state index in [0.29, 0.717) is 69.7 Å². The van der Waals surface area contributed by atoms with Crippen LogP contribution in [0.1, 0.15) is 60.8 Å². The lowest BCUT2D eigenvalue weighted by Crippen LogP contribution is -2.51. The van der Waals surface area contributed by atoms with E-state index in [9.17, 15) is 23.5 Å². The first-order valence-corrected chi connectivity index (χ1v) is 18.4. The van der Waals surface area contributed by atoms with Gasteiger partial charge in [0.2, 0.25) is 5.91 Å². The minimum absolute atomic E-state index is 0.0549. The summed E-state index contributed by atoms with van der Waals surface area (Å²) in [5, 5.41) is 18.2. The van der Waals surface area contributed by atoms with E-state index >= 15 is 0 Å². The molecule has 8 nitrogen and oxygen atoms in total. The van der Waals surface area contributed by atoms with Crippen LogP contribution in [0, 0.1) is 11.6 Å². The molecule has 2 aliphatic rings. The first-order valence-electron chi connectivity index (χ1n) is 18.1. The third kappa shape index (κ3) is 9.34. The number of pyridine rings is 1. The standard InChI is InChI=1S/C41H46ClF2N5O3/c42-34-8-2-33(3-9-34)41(52)19-26-48(27-20-41)23-1-18-40(31-4-10-35(43)11-5-31,32-6-12-36(44)13-7-32)29-46-39(51)47-37-16-24-49(25-17-37)38(50)28-30-14-21-45-22-15-30/h2-15,21-22,37,52H,1,16-20,23-29H2,(H2,46,47,51). The molecule has 3 aromatic carbocycles. The molecule has 6 rings (SSSR count). The van der Waals surface area contributed by atoms with E-state index < -0.39 is 11.0 Å². The second-order valence-corrected chi connectivity index (χ2v) is 14.5. The summed E-state index contributed by atoms with van der Waals surface area (Å²) in [6.07, 6.45) is 7.47. The van der Waals surface area contributed by atoms with E-state index in [0.717, 1.165) is 35.2 Å². The minimum Gasteiger partial charge on any atom is -0.385 e. The summed E-state index contributed by atoms with van der Waals surface area (Å²) in [4.78, 5) is 34.5. The van der Waals surface area contributed by atoms with Gasteiger partial charge in [-0.25, -0.2) is 13.6 Å². The van der Waals surface area contributed by atoms with Crippen LogP contribution in [0.5, 0.6) is 0 Å². The number of benzene rings is 3. The molecule has 3 amide bonds. The van der Waals surface area contributed by atoms with Gasteiger partial charge in [0.25, 0.3) is 0 Å². The summed E-state index contributed by atoms with van der Waals surface area (Å²) in [6.45, 7) is 3.50. The van der Waals surface area contributed by atoms with Crippen molar-refractivity contribution in [1.29, 1.82) is 0 Å². The molecule has 11 heteroatoms. The van der Waals surface area contributed by atoms with Crippen LogP contribution in [0.25, 0.3) is 0 Å². The molecule has 3 N–H and O–H groups in total. The molecule has 2 aliphatic heterocycles. The average Bonchev–Trinajstić information content (AvgIpc) is 3.15. The fraction of sp³-hybridized carbons (Fsp3) is 0.390. The SMILES string of the molecule is O=C(NCC(CCCN1CCC(O)(c2ccc(Cl)cc2)CC1)(c1ccc(F)cc1)c1ccc(F)cc1)NC1CCN(C(=O)Cc2ccncc2)CC1. The molecule has 0 aliphatic carbocycles. The van der Waals surface area contributed by atoms with Crippen LogP contribution in [0.3, 0.4) is 0 Å². The Bertz CT molecular complexity index is 1720. The van der Waals surface area contributed by atoms with Crippen molar-refractivity contribution in [1.82, 2.24) is 25.4 Å². The van der Waals surface area contributed by atoms with Crippen LogP contribution in [0.2, 0.25) is 5.02 Å². The number of urea groups is 1. The quantitative estimate of drug-likeness (QED) is 0.153. The molecule has 4 aromatic rings. The Hall–Kier alpha value is -4.38. The Balaban J connectivity index is 1.10. The van der Waals surface area contributed by atoms with Crippen molar-refractivity contribution in [2.24, 2.45) is 0 Å². The fourth-order valence-electron chi connectivity index (χ4n) is 7.61. The number of nitrogens with zero attached hydrogens (tertiary/aromatic N) is 3. The molecular formula is C41H46ClF2N5O3. The topological polar surface area (TPSA) is 97.8 Å². The van der Waals surface area contributed by atoms with Crippen LogP contribution < -0.4 is 10.6 Å². The van der Waals surface area contributed by atoms with Crippen molar-refractivity contribution in [2.75, 3.05) is 39.3 Å². The highest BCUT2D eigenvalue weighted by Gasteiger charge is 2.37. The third-order valence-electron chi connectivity index (χ3n) is 10.8. The van der Waals surface area contributed by atoms with E-state index in [-0.39, 0.29) is 36.2 Å². The maximum Gasteiger partial charge on any atom is 0.315 e. The third-order valence-corrected chi connectivity index (χ3v) is 11.0. The molecule has 0 unspecified atom stereocenters. The number of nitrogens with one attached hydrogen (secondary N) is 2. The number of aliphatic hydroxyl groups is 1. The molecule has 0 saturated carbocycles. The Morgan fingerprint density at radius 3 is 2.00 bits per heavy atom. The Labute approximate surface area is 309 Å². The lowest BCUT2D eigenvalue weighted by molar-refractivity contribution is -0.131. The highest BCUT2D eigenvalue weighted by atomic mass is 35.5. The predicted octanol–water partition coefficient (Wildman–Crippen LogP) is 6.60. The highest BCUT2D eigenvalue weighted by molar-refractivity contribution is 6.30. The number of carbonyl (C=O) groups is 2. The minimum atomic E-state index is -0.906. The summed E-state index contributed by atoms with van der Waals surface area (Å²) in [5.74, 6) is -0.677. The van der Waals surface area contributed by atoms with Crippen LogP contribution >= 0.6 is 11.6 Å². The van der Waals surface area contributed by atoms with E-state index in [1.165, 1.54) is 24.3 Å². The van der Waals surface area contributed by atoms with Gasteiger partial charge < -0.3 is 25.5 Å². The molecule has 0 bridgehead atoms. The van der Waals surface area contributed by atoms with Crippen molar-refractivity contribution >= 4 is 23.5 Å². The lowest BCUT2D eigenvalue weighted by Gasteiger charge is -2.40. The zero-order valence-corrected chi connectivity index (χ0v) is 30.0. The molecule has 52 heavy (non-hydrogen) atoms. The zero-order chi connectivity index (χ0) is 36.6. The summed E-state index contributed by atoms with van der Waals surface area (Å²) in [7, 11) is 0. The van der Waals surface area contributed by atoms with Gasteiger partial charge in [-0.2, -0.15) is 0 Å². The Morgan fingerprint density at radius 1 is 0.846 bits per heavy atom. The first kappa shape index (κ1) is 37.4. The number of halogens is 3. The maximum absolute atomic E-state index is 14.2. The number of carbonyl (C=O) groups excluding carboxylic acids is 2. The predicted molar refractivity (Wildman–Crippen MR) is 198 cm³/mol.